The number of rotatable bonds is 2. The number of hydrogen-bond acceptors (Lipinski definition) is 4. The predicted octanol–water partition coefficient (Wildman–Crippen LogP) is 2.71. The molecule has 4 heterocycles. The van der Waals surface area contributed by atoms with Gasteiger partial charge in [0.1, 0.15) is 5.69 Å². The zero-order valence-corrected chi connectivity index (χ0v) is 14.2. The monoisotopic (exact) mass is 391 g/mol. The summed E-state index contributed by atoms with van der Waals surface area (Å²) in [6.07, 6.45) is 1.48. The van der Waals surface area contributed by atoms with E-state index in [0.29, 0.717) is 47.9 Å². The average molecular weight is 392 g/mol. The van der Waals surface area contributed by atoms with Crippen LogP contribution in [-0.4, -0.2) is 52.8 Å². The minimum absolute atomic E-state index is 0.0948. The first-order valence-electron chi connectivity index (χ1n) is 7.52. The third-order valence-corrected chi connectivity index (χ3v) is 4.48. The van der Waals surface area contributed by atoms with Crippen LogP contribution in [0.4, 0.5) is 0 Å². The molecule has 1 aliphatic heterocycles. The van der Waals surface area contributed by atoms with Gasteiger partial charge in [-0.05, 0) is 28.1 Å². The van der Waals surface area contributed by atoms with Gasteiger partial charge in [-0.1, -0.05) is 0 Å². The Hall–Kier alpha value is -2.48. The summed E-state index contributed by atoms with van der Waals surface area (Å²) >= 11 is 3.25. The number of H-pyrrole nitrogens is 1. The number of carbonyl (C=O) groups is 2. The SMILES string of the molecule is O=C(c1cc2oc(Br)cc2[nH]1)N1CCN(C(=O)c2ccco2)CC1. The van der Waals surface area contributed by atoms with Crippen molar-refractivity contribution in [2.75, 3.05) is 26.2 Å². The summed E-state index contributed by atoms with van der Waals surface area (Å²) in [6, 6.07) is 6.81. The van der Waals surface area contributed by atoms with Crippen LogP contribution in [0.5, 0.6) is 0 Å². The van der Waals surface area contributed by atoms with Crippen molar-refractivity contribution in [1.82, 2.24) is 14.8 Å². The van der Waals surface area contributed by atoms with Gasteiger partial charge in [0.15, 0.2) is 16.0 Å². The van der Waals surface area contributed by atoms with E-state index in [0.717, 1.165) is 5.52 Å². The van der Waals surface area contributed by atoms with Crippen molar-refractivity contribution in [3.05, 3.63) is 46.7 Å². The van der Waals surface area contributed by atoms with E-state index >= 15 is 0 Å². The molecule has 1 fully saturated rings. The molecule has 2 amide bonds. The Kier molecular flexibility index (Phi) is 3.68. The van der Waals surface area contributed by atoms with Gasteiger partial charge in [-0.25, -0.2) is 0 Å². The fourth-order valence-electron chi connectivity index (χ4n) is 2.85. The van der Waals surface area contributed by atoms with Crippen LogP contribution in [0.1, 0.15) is 21.0 Å². The molecule has 0 radical (unpaired) electrons. The van der Waals surface area contributed by atoms with E-state index in [-0.39, 0.29) is 11.8 Å². The number of carbonyl (C=O) groups excluding carboxylic acids is 2. The second kappa shape index (κ2) is 5.86. The zero-order chi connectivity index (χ0) is 16.7. The summed E-state index contributed by atoms with van der Waals surface area (Å²) in [5.41, 5.74) is 1.90. The molecule has 7 nitrogen and oxygen atoms in total. The third-order valence-electron chi connectivity index (χ3n) is 4.09. The largest absolute Gasteiger partial charge is 0.459 e. The summed E-state index contributed by atoms with van der Waals surface area (Å²) in [7, 11) is 0. The van der Waals surface area contributed by atoms with E-state index < -0.39 is 0 Å². The third kappa shape index (κ3) is 2.62. The number of nitrogens with one attached hydrogen (secondary N) is 1. The summed E-state index contributed by atoms with van der Waals surface area (Å²) < 4.78 is 11.2. The van der Waals surface area contributed by atoms with Crippen molar-refractivity contribution < 1.29 is 18.4 Å². The van der Waals surface area contributed by atoms with E-state index in [1.165, 1.54) is 6.26 Å². The molecule has 24 heavy (non-hydrogen) atoms. The van der Waals surface area contributed by atoms with Gasteiger partial charge in [0, 0.05) is 38.3 Å². The molecule has 4 rings (SSSR count). The number of halogens is 1. The fraction of sp³-hybridized carbons (Fsp3) is 0.250. The average Bonchev–Trinajstić information content (AvgIpc) is 3.29. The smallest absolute Gasteiger partial charge is 0.289 e. The maximum atomic E-state index is 12.6. The van der Waals surface area contributed by atoms with Gasteiger partial charge in [0.05, 0.1) is 11.8 Å². The van der Waals surface area contributed by atoms with Crippen molar-refractivity contribution in [3.8, 4) is 0 Å². The van der Waals surface area contributed by atoms with Crippen molar-refractivity contribution in [2.45, 2.75) is 0 Å². The zero-order valence-electron chi connectivity index (χ0n) is 12.6. The maximum absolute atomic E-state index is 12.6. The number of fused-ring (bicyclic) bond motifs is 1. The molecule has 3 aromatic heterocycles. The van der Waals surface area contributed by atoms with Crippen LogP contribution in [0.25, 0.3) is 11.1 Å². The first kappa shape index (κ1) is 15.1. The molecule has 0 atom stereocenters. The summed E-state index contributed by atoms with van der Waals surface area (Å²) in [4.78, 5) is 31.3. The lowest BCUT2D eigenvalue weighted by Crippen LogP contribution is -2.50. The first-order chi connectivity index (χ1) is 11.6. The van der Waals surface area contributed by atoms with Gasteiger partial charge in [-0.3, -0.25) is 9.59 Å². The topological polar surface area (TPSA) is 82.7 Å². The molecule has 1 N–H and O–H groups in total. The summed E-state index contributed by atoms with van der Waals surface area (Å²) in [5, 5.41) is 0. The molecule has 0 bridgehead atoms. The number of aromatic amines is 1. The summed E-state index contributed by atoms with van der Waals surface area (Å²) in [5.74, 6) is 0.0852. The van der Waals surface area contributed by atoms with Gasteiger partial charge in [0.25, 0.3) is 11.8 Å². The van der Waals surface area contributed by atoms with Gasteiger partial charge in [-0.2, -0.15) is 0 Å². The van der Waals surface area contributed by atoms with E-state index in [1.807, 2.05) is 0 Å². The van der Waals surface area contributed by atoms with Crippen molar-refractivity contribution in [2.24, 2.45) is 0 Å². The second-order valence-corrected chi connectivity index (χ2v) is 6.35. The molecule has 1 aliphatic rings. The van der Waals surface area contributed by atoms with Crippen LogP contribution < -0.4 is 0 Å². The number of piperazine rings is 1. The van der Waals surface area contributed by atoms with Gasteiger partial charge in [0.2, 0.25) is 0 Å². The van der Waals surface area contributed by atoms with Crippen LogP contribution in [0.2, 0.25) is 0 Å². The van der Waals surface area contributed by atoms with Crippen LogP contribution in [-0.2, 0) is 0 Å². The van der Waals surface area contributed by atoms with Crippen molar-refractivity contribution in [1.29, 1.82) is 0 Å². The van der Waals surface area contributed by atoms with E-state index in [9.17, 15) is 9.59 Å². The number of furan rings is 2. The quantitative estimate of drug-likeness (QED) is 0.727. The Morgan fingerprint density at radius 2 is 1.79 bits per heavy atom. The van der Waals surface area contributed by atoms with Crippen LogP contribution in [0, 0.1) is 0 Å². The van der Waals surface area contributed by atoms with Gasteiger partial charge in [-0.15, -0.1) is 0 Å². The fourth-order valence-corrected chi connectivity index (χ4v) is 3.25. The first-order valence-corrected chi connectivity index (χ1v) is 8.31. The molecule has 1 saturated heterocycles. The van der Waals surface area contributed by atoms with E-state index in [2.05, 4.69) is 20.9 Å². The molecule has 8 heteroatoms. The number of nitrogens with zero attached hydrogens (tertiary/aromatic N) is 2. The minimum Gasteiger partial charge on any atom is -0.459 e. The Bertz CT molecular complexity index is 856. The van der Waals surface area contributed by atoms with Crippen LogP contribution >= 0.6 is 15.9 Å². The van der Waals surface area contributed by atoms with Crippen LogP contribution in [0.15, 0.2) is 44.0 Å². The summed E-state index contributed by atoms with van der Waals surface area (Å²) in [6.45, 7) is 1.92. The Morgan fingerprint density at radius 3 is 2.42 bits per heavy atom. The maximum Gasteiger partial charge on any atom is 0.289 e. The van der Waals surface area contributed by atoms with E-state index in [4.69, 9.17) is 8.83 Å². The molecular formula is C16H14BrN3O4. The number of aromatic nitrogens is 1. The molecular weight excluding hydrogens is 378 g/mol. The lowest BCUT2D eigenvalue weighted by atomic mass is 10.2. The van der Waals surface area contributed by atoms with Gasteiger partial charge >= 0.3 is 0 Å². The molecule has 0 saturated carbocycles. The second-order valence-electron chi connectivity index (χ2n) is 5.57. The van der Waals surface area contributed by atoms with Crippen molar-refractivity contribution >= 4 is 38.8 Å². The number of hydrogen-bond donors (Lipinski definition) is 1. The normalized spacial score (nSPS) is 15.2. The molecule has 3 aromatic rings. The molecule has 0 spiro atoms. The number of amides is 2. The highest BCUT2D eigenvalue weighted by Gasteiger charge is 2.27. The standard InChI is InChI=1S/C16H14BrN3O4/c17-14-9-10-13(24-14)8-11(18-10)15(21)19-3-5-20(6-4-19)16(22)12-2-1-7-23-12/h1-2,7-9,18H,3-6H2. The van der Waals surface area contributed by atoms with E-state index in [1.54, 1.807) is 34.1 Å². The highest BCUT2D eigenvalue weighted by atomic mass is 79.9. The highest BCUT2D eigenvalue weighted by Crippen LogP contribution is 2.24. The molecule has 0 aromatic carbocycles. The highest BCUT2D eigenvalue weighted by molar-refractivity contribution is 9.10. The Labute approximate surface area is 145 Å². The predicted molar refractivity (Wildman–Crippen MR) is 88.8 cm³/mol. The Balaban J connectivity index is 1.42. The van der Waals surface area contributed by atoms with Crippen LogP contribution in [0.3, 0.4) is 0 Å². The van der Waals surface area contributed by atoms with Gasteiger partial charge < -0.3 is 23.6 Å². The minimum atomic E-state index is -0.144. The van der Waals surface area contributed by atoms with Crippen molar-refractivity contribution in [3.63, 3.8) is 0 Å². The molecule has 124 valence electrons. The molecule has 0 aliphatic carbocycles. The lowest BCUT2D eigenvalue weighted by molar-refractivity contribution is 0.0515. The molecule has 0 unspecified atom stereocenters. The Morgan fingerprint density at radius 1 is 1.08 bits per heavy atom. The lowest BCUT2D eigenvalue weighted by Gasteiger charge is -2.34.